The lowest BCUT2D eigenvalue weighted by molar-refractivity contribution is -0.119. The lowest BCUT2D eigenvalue weighted by atomic mass is 10.1. The molecule has 0 aliphatic carbocycles. The summed E-state index contributed by atoms with van der Waals surface area (Å²) in [4.78, 5) is 12.2. The van der Waals surface area contributed by atoms with Gasteiger partial charge < -0.3 is 20.2 Å². The third kappa shape index (κ3) is 4.34. The molecule has 0 radical (unpaired) electrons. The summed E-state index contributed by atoms with van der Waals surface area (Å²) in [6.45, 7) is 0.630. The predicted molar refractivity (Wildman–Crippen MR) is 108 cm³/mol. The Balaban J connectivity index is 0.00000225. The molecule has 28 heavy (non-hydrogen) atoms. The highest BCUT2D eigenvalue weighted by atomic mass is 35.5. The number of nitrogens with one attached hydrogen (secondary N) is 2. The fourth-order valence-electron chi connectivity index (χ4n) is 2.92. The summed E-state index contributed by atoms with van der Waals surface area (Å²) < 4.78 is 5.72. The number of aliphatic hydroxyl groups is 1. The standard InChI is InChI=1S/C19H17ClN4O3.ClH/c20-13-5-1-11(2-6-13)18-23-24-19(27-18)12-3-7-14(8-4-12)22-17(26)16-15(25)9-10-21-16;/h1-8,15-16,21,25H,9-10H2,(H,22,26);1H/t15-,16-;/m0./s1. The van der Waals surface area contributed by atoms with Crippen molar-refractivity contribution < 1.29 is 14.3 Å². The van der Waals surface area contributed by atoms with Crippen LogP contribution < -0.4 is 10.6 Å². The molecule has 1 saturated heterocycles. The third-order valence-electron chi connectivity index (χ3n) is 4.39. The Morgan fingerprint density at radius 3 is 2.18 bits per heavy atom. The number of amides is 1. The number of nitrogens with zero attached hydrogens (tertiary/aromatic N) is 2. The summed E-state index contributed by atoms with van der Waals surface area (Å²) in [5, 5.41) is 24.3. The fraction of sp³-hybridized carbons (Fsp3) is 0.211. The number of aromatic nitrogens is 2. The first kappa shape index (κ1) is 20.3. The van der Waals surface area contributed by atoms with Crippen LogP contribution in [0.25, 0.3) is 22.9 Å². The number of anilines is 1. The van der Waals surface area contributed by atoms with Gasteiger partial charge in [-0.05, 0) is 61.5 Å². The summed E-state index contributed by atoms with van der Waals surface area (Å²) in [6, 6.07) is 13.6. The molecule has 3 N–H and O–H groups in total. The molecule has 4 rings (SSSR count). The van der Waals surface area contributed by atoms with Gasteiger partial charge in [0.2, 0.25) is 17.7 Å². The molecule has 1 aliphatic rings. The lowest BCUT2D eigenvalue weighted by Gasteiger charge is -2.14. The Morgan fingerprint density at radius 2 is 1.64 bits per heavy atom. The molecule has 2 heterocycles. The van der Waals surface area contributed by atoms with E-state index in [0.29, 0.717) is 35.5 Å². The number of aliphatic hydroxyl groups excluding tert-OH is 1. The molecule has 3 aromatic rings. The van der Waals surface area contributed by atoms with E-state index in [-0.39, 0.29) is 18.3 Å². The summed E-state index contributed by atoms with van der Waals surface area (Å²) in [6.07, 6.45) is -0.0848. The zero-order valence-corrected chi connectivity index (χ0v) is 16.2. The molecular formula is C19H18Cl2N4O3. The van der Waals surface area contributed by atoms with Crippen molar-refractivity contribution >= 4 is 35.6 Å². The predicted octanol–water partition coefficient (Wildman–Crippen LogP) is 3.14. The molecule has 0 saturated carbocycles. The van der Waals surface area contributed by atoms with Gasteiger partial charge in [-0.2, -0.15) is 0 Å². The van der Waals surface area contributed by atoms with E-state index in [1.54, 1.807) is 36.4 Å². The molecule has 9 heteroatoms. The number of halogens is 2. The number of benzene rings is 2. The molecule has 0 unspecified atom stereocenters. The van der Waals surface area contributed by atoms with Crippen LogP contribution in [0.15, 0.2) is 52.9 Å². The second-order valence-corrected chi connectivity index (χ2v) is 6.71. The molecule has 146 valence electrons. The van der Waals surface area contributed by atoms with E-state index in [1.165, 1.54) is 0 Å². The van der Waals surface area contributed by atoms with Crippen molar-refractivity contribution in [3.05, 3.63) is 53.6 Å². The van der Waals surface area contributed by atoms with Crippen molar-refractivity contribution in [2.75, 3.05) is 11.9 Å². The molecular weight excluding hydrogens is 403 g/mol. The molecule has 0 spiro atoms. The minimum Gasteiger partial charge on any atom is -0.416 e. The zero-order valence-electron chi connectivity index (χ0n) is 14.6. The maximum atomic E-state index is 12.2. The van der Waals surface area contributed by atoms with E-state index in [2.05, 4.69) is 20.8 Å². The van der Waals surface area contributed by atoms with Gasteiger partial charge in [0, 0.05) is 21.8 Å². The SMILES string of the molecule is Cl.O=C(Nc1ccc(-c2nnc(-c3ccc(Cl)cc3)o2)cc1)[C@H]1NCC[C@@H]1O. The van der Waals surface area contributed by atoms with Crippen LogP contribution in [0.5, 0.6) is 0 Å². The van der Waals surface area contributed by atoms with Gasteiger partial charge in [-0.25, -0.2) is 0 Å². The molecule has 1 aliphatic heterocycles. The highest BCUT2D eigenvalue weighted by Crippen LogP contribution is 2.26. The van der Waals surface area contributed by atoms with Crippen LogP contribution in [0.4, 0.5) is 5.69 Å². The quantitative estimate of drug-likeness (QED) is 0.599. The molecule has 1 amide bonds. The van der Waals surface area contributed by atoms with Crippen LogP contribution in [0.3, 0.4) is 0 Å². The molecule has 7 nitrogen and oxygen atoms in total. The molecule has 1 fully saturated rings. The Bertz CT molecular complexity index is 945. The van der Waals surface area contributed by atoms with Crippen LogP contribution in [0, 0.1) is 0 Å². The highest BCUT2D eigenvalue weighted by Gasteiger charge is 2.30. The molecule has 1 aromatic heterocycles. The Hall–Kier alpha value is -2.45. The zero-order chi connectivity index (χ0) is 18.8. The van der Waals surface area contributed by atoms with Crippen molar-refractivity contribution in [2.45, 2.75) is 18.6 Å². The lowest BCUT2D eigenvalue weighted by Crippen LogP contribution is -2.42. The summed E-state index contributed by atoms with van der Waals surface area (Å²) in [5.74, 6) is 0.529. The van der Waals surface area contributed by atoms with Gasteiger partial charge in [0.1, 0.15) is 6.04 Å². The van der Waals surface area contributed by atoms with E-state index in [9.17, 15) is 9.90 Å². The van der Waals surface area contributed by atoms with Gasteiger partial charge in [-0.3, -0.25) is 4.79 Å². The van der Waals surface area contributed by atoms with Crippen molar-refractivity contribution in [1.82, 2.24) is 15.5 Å². The van der Waals surface area contributed by atoms with Crippen LogP contribution >= 0.6 is 24.0 Å². The Kier molecular flexibility index (Phi) is 6.31. The van der Waals surface area contributed by atoms with Gasteiger partial charge in [-0.1, -0.05) is 11.6 Å². The first-order valence-corrected chi connectivity index (χ1v) is 8.90. The average molecular weight is 421 g/mol. The van der Waals surface area contributed by atoms with Gasteiger partial charge in [0.15, 0.2) is 0 Å². The first-order valence-electron chi connectivity index (χ1n) is 8.52. The van der Waals surface area contributed by atoms with E-state index in [1.807, 2.05) is 12.1 Å². The van der Waals surface area contributed by atoms with Gasteiger partial charge in [-0.15, -0.1) is 22.6 Å². The second kappa shape index (κ2) is 8.70. The number of rotatable bonds is 4. The monoisotopic (exact) mass is 420 g/mol. The van der Waals surface area contributed by atoms with Gasteiger partial charge in [0.05, 0.1) is 6.10 Å². The molecule has 2 aromatic carbocycles. The van der Waals surface area contributed by atoms with E-state index in [0.717, 1.165) is 11.1 Å². The van der Waals surface area contributed by atoms with Crippen molar-refractivity contribution in [1.29, 1.82) is 0 Å². The number of carbonyl (C=O) groups excluding carboxylic acids is 1. The summed E-state index contributed by atoms with van der Waals surface area (Å²) in [5.41, 5.74) is 2.14. The third-order valence-corrected chi connectivity index (χ3v) is 4.64. The molecule has 2 atom stereocenters. The average Bonchev–Trinajstić information content (AvgIpc) is 3.32. The Morgan fingerprint density at radius 1 is 1.07 bits per heavy atom. The van der Waals surface area contributed by atoms with Crippen molar-refractivity contribution in [3.63, 3.8) is 0 Å². The van der Waals surface area contributed by atoms with E-state index in [4.69, 9.17) is 16.0 Å². The minimum absolute atomic E-state index is 0. The van der Waals surface area contributed by atoms with E-state index >= 15 is 0 Å². The summed E-state index contributed by atoms with van der Waals surface area (Å²) >= 11 is 5.89. The number of carbonyl (C=O) groups is 1. The van der Waals surface area contributed by atoms with Crippen LogP contribution in [-0.4, -0.2) is 39.9 Å². The number of hydrogen-bond acceptors (Lipinski definition) is 6. The highest BCUT2D eigenvalue weighted by molar-refractivity contribution is 6.30. The maximum absolute atomic E-state index is 12.2. The molecule has 0 bridgehead atoms. The van der Waals surface area contributed by atoms with E-state index < -0.39 is 12.1 Å². The maximum Gasteiger partial charge on any atom is 0.248 e. The van der Waals surface area contributed by atoms with Crippen LogP contribution in [-0.2, 0) is 4.79 Å². The second-order valence-electron chi connectivity index (χ2n) is 6.27. The fourth-order valence-corrected chi connectivity index (χ4v) is 3.05. The van der Waals surface area contributed by atoms with Crippen molar-refractivity contribution in [3.8, 4) is 22.9 Å². The van der Waals surface area contributed by atoms with Crippen LogP contribution in [0.2, 0.25) is 5.02 Å². The van der Waals surface area contributed by atoms with Gasteiger partial charge in [0.25, 0.3) is 0 Å². The first-order chi connectivity index (χ1) is 13.1. The normalized spacial score (nSPS) is 18.5. The summed E-state index contributed by atoms with van der Waals surface area (Å²) in [7, 11) is 0. The van der Waals surface area contributed by atoms with Crippen LogP contribution in [0.1, 0.15) is 6.42 Å². The van der Waals surface area contributed by atoms with Crippen molar-refractivity contribution in [2.24, 2.45) is 0 Å². The number of hydrogen-bond donors (Lipinski definition) is 3. The smallest absolute Gasteiger partial charge is 0.248 e. The topological polar surface area (TPSA) is 100 Å². The van der Waals surface area contributed by atoms with Gasteiger partial charge >= 0.3 is 0 Å². The largest absolute Gasteiger partial charge is 0.416 e. The Labute approximate surface area is 172 Å². The minimum atomic E-state index is -0.658.